The maximum atomic E-state index is 8.68. The minimum absolute atomic E-state index is 0.165. The highest BCUT2D eigenvalue weighted by Gasteiger charge is 2.01. The highest BCUT2D eigenvalue weighted by Crippen LogP contribution is 2.09. The van der Waals surface area contributed by atoms with E-state index in [0.29, 0.717) is 19.5 Å². The van der Waals surface area contributed by atoms with Gasteiger partial charge in [0.1, 0.15) is 11.2 Å². The van der Waals surface area contributed by atoms with Crippen molar-refractivity contribution in [2.45, 2.75) is 19.5 Å². The van der Waals surface area contributed by atoms with Gasteiger partial charge in [0.05, 0.1) is 12.7 Å². The fourth-order valence-electron chi connectivity index (χ4n) is 1.18. The Labute approximate surface area is 96.1 Å². The summed E-state index contributed by atoms with van der Waals surface area (Å²) < 4.78 is 1.72. The second kappa shape index (κ2) is 5.52. The van der Waals surface area contributed by atoms with E-state index in [1.165, 1.54) is 11.3 Å². The van der Waals surface area contributed by atoms with Crippen LogP contribution in [0.1, 0.15) is 12.1 Å². The summed E-state index contributed by atoms with van der Waals surface area (Å²) >= 11 is 1.44. The number of aryl methyl sites for hydroxylation is 1. The summed E-state index contributed by atoms with van der Waals surface area (Å²) in [7, 11) is 0. The van der Waals surface area contributed by atoms with E-state index in [1.54, 1.807) is 10.2 Å². The maximum absolute atomic E-state index is 8.68. The molecule has 0 saturated heterocycles. The lowest BCUT2D eigenvalue weighted by Crippen LogP contribution is -2.01. The number of anilines is 1. The third-order valence-corrected chi connectivity index (χ3v) is 2.56. The molecule has 2 heterocycles. The fourth-order valence-corrected chi connectivity index (χ4v) is 1.62. The number of rotatable bonds is 6. The highest BCUT2D eigenvalue weighted by molar-refractivity contribution is 7.13. The van der Waals surface area contributed by atoms with Gasteiger partial charge in [-0.2, -0.15) is 0 Å². The van der Waals surface area contributed by atoms with Gasteiger partial charge in [0.25, 0.3) is 0 Å². The molecule has 2 rings (SSSR count). The van der Waals surface area contributed by atoms with Gasteiger partial charge in [-0.3, -0.25) is 4.68 Å². The number of nitrogens with one attached hydrogen (secondary N) is 1. The molecule has 0 aliphatic carbocycles. The predicted molar refractivity (Wildman–Crippen MR) is 59.0 cm³/mol. The van der Waals surface area contributed by atoms with E-state index in [-0.39, 0.29) is 6.61 Å². The molecule has 0 radical (unpaired) electrons. The molecule has 2 aromatic rings. The van der Waals surface area contributed by atoms with Crippen molar-refractivity contribution in [3.05, 3.63) is 17.4 Å². The van der Waals surface area contributed by atoms with Crippen molar-refractivity contribution >= 4 is 16.5 Å². The lowest BCUT2D eigenvalue weighted by molar-refractivity contribution is 0.276. The van der Waals surface area contributed by atoms with Crippen molar-refractivity contribution in [2.24, 2.45) is 0 Å². The molecule has 0 aliphatic rings. The molecule has 0 aromatic carbocycles. The van der Waals surface area contributed by atoms with Crippen LogP contribution in [0.5, 0.6) is 0 Å². The van der Waals surface area contributed by atoms with Crippen LogP contribution in [0.3, 0.4) is 0 Å². The third kappa shape index (κ3) is 2.97. The average Bonchev–Trinajstić information content (AvgIpc) is 2.95. The molecule has 0 atom stereocenters. The van der Waals surface area contributed by atoms with Crippen LogP contribution in [0.15, 0.2) is 11.7 Å². The molecule has 2 aromatic heterocycles. The molecule has 16 heavy (non-hydrogen) atoms. The molecule has 2 N–H and O–H groups in total. The van der Waals surface area contributed by atoms with E-state index in [4.69, 9.17) is 5.11 Å². The van der Waals surface area contributed by atoms with Crippen LogP contribution in [0, 0.1) is 0 Å². The van der Waals surface area contributed by atoms with Gasteiger partial charge >= 0.3 is 0 Å². The van der Waals surface area contributed by atoms with Gasteiger partial charge in [-0.15, -0.1) is 15.3 Å². The van der Waals surface area contributed by atoms with Crippen molar-refractivity contribution in [2.75, 3.05) is 11.9 Å². The summed E-state index contributed by atoms with van der Waals surface area (Å²) in [6.07, 6.45) is 2.54. The standard InChI is InChI=1S/C8H12N6OS/c15-3-1-2-14-5-7(11-13-14)4-9-8-12-10-6-16-8/h5-6,15H,1-4H2,(H,9,12). The van der Waals surface area contributed by atoms with Gasteiger partial charge in [0.2, 0.25) is 5.13 Å². The summed E-state index contributed by atoms with van der Waals surface area (Å²) in [6, 6.07) is 0. The molecule has 0 amide bonds. The van der Waals surface area contributed by atoms with Crippen molar-refractivity contribution in [1.82, 2.24) is 25.2 Å². The quantitative estimate of drug-likeness (QED) is 0.745. The van der Waals surface area contributed by atoms with E-state index in [0.717, 1.165) is 10.8 Å². The van der Waals surface area contributed by atoms with Gasteiger partial charge < -0.3 is 10.4 Å². The number of hydrogen-bond donors (Lipinski definition) is 2. The monoisotopic (exact) mass is 240 g/mol. The number of hydrogen-bond acceptors (Lipinski definition) is 7. The molecular formula is C8H12N6OS. The SMILES string of the molecule is OCCCn1cc(CNc2nncs2)nn1. The topological polar surface area (TPSA) is 88.8 Å². The maximum Gasteiger partial charge on any atom is 0.205 e. The first kappa shape index (κ1) is 11.0. The van der Waals surface area contributed by atoms with Gasteiger partial charge in [-0.05, 0) is 6.42 Å². The first-order chi connectivity index (χ1) is 7.88. The summed E-state index contributed by atoms with van der Waals surface area (Å²) in [5.74, 6) is 0. The third-order valence-electron chi connectivity index (χ3n) is 1.91. The van der Waals surface area contributed by atoms with Gasteiger partial charge in [-0.1, -0.05) is 16.6 Å². The second-order valence-electron chi connectivity index (χ2n) is 3.15. The number of aromatic nitrogens is 5. The van der Waals surface area contributed by atoms with E-state index in [9.17, 15) is 0 Å². The minimum atomic E-state index is 0.165. The summed E-state index contributed by atoms with van der Waals surface area (Å²) in [5, 5.41) is 28.0. The highest BCUT2D eigenvalue weighted by atomic mass is 32.1. The minimum Gasteiger partial charge on any atom is -0.396 e. The van der Waals surface area contributed by atoms with Crippen molar-refractivity contribution in [3.63, 3.8) is 0 Å². The van der Waals surface area contributed by atoms with Crippen LogP contribution < -0.4 is 5.32 Å². The Morgan fingerprint density at radius 3 is 3.12 bits per heavy atom. The zero-order valence-electron chi connectivity index (χ0n) is 8.57. The first-order valence-electron chi connectivity index (χ1n) is 4.88. The molecule has 0 bridgehead atoms. The predicted octanol–water partition coefficient (Wildman–Crippen LogP) is 0.124. The van der Waals surface area contributed by atoms with Gasteiger partial charge in [0, 0.05) is 13.2 Å². The Hall–Kier alpha value is -1.54. The molecule has 0 spiro atoms. The van der Waals surface area contributed by atoms with Crippen LogP contribution >= 0.6 is 11.3 Å². The lowest BCUT2D eigenvalue weighted by atomic mass is 10.4. The van der Waals surface area contributed by atoms with Crippen molar-refractivity contribution < 1.29 is 5.11 Å². The zero-order valence-corrected chi connectivity index (χ0v) is 9.39. The first-order valence-corrected chi connectivity index (χ1v) is 5.76. The van der Waals surface area contributed by atoms with Crippen LogP contribution in [0.25, 0.3) is 0 Å². The summed E-state index contributed by atoms with van der Waals surface area (Å²) in [6.45, 7) is 1.43. The van der Waals surface area contributed by atoms with E-state index < -0.39 is 0 Å². The molecule has 86 valence electrons. The average molecular weight is 240 g/mol. The Bertz CT molecular complexity index is 414. The Morgan fingerprint density at radius 1 is 1.44 bits per heavy atom. The van der Waals surface area contributed by atoms with Crippen LogP contribution in [-0.2, 0) is 13.1 Å². The smallest absolute Gasteiger partial charge is 0.205 e. The normalized spacial score (nSPS) is 10.6. The largest absolute Gasteiger partial charge is 0.396 e. The Morgan fingerprint density at radius 2 is 2.38 bits per heavy atom. The van der Waals surface area contributed by atoms with Gasteiger partial charge in [0.15, 0.2) is 0 Å². The summed E-state index contributed by atoms with van der Waals surface area (Å²) in [5.41, 5.74) is 2.51. The molecule has 7 nitrogen and oxygen atoms in total. The van der Waals surface area contributed by atoms with Crippen LogP contribution in [0.2, 0.25) is 0 Å². The summed E-state index contributed by atoms with van der Waals surface area (Å²) in [4.78, 5) is 0. The fraction of sp³-hybridized carbons (Fsp3) is 0.500. The van der Waals surface area contributed by atoms with E-state index >= 15 is 0 Å². The Kier molecular flexibility index (Phi) is 3.78. The van der Waals surface area contributed by atoms with E-state index in [1.807, 2.05) is 6.20 Å². The molecular weight excluding hydrogens is 228 g/mol. The number of nitrogens with zero attached hydrogens (tertiary/aromatic N) is 5. The number of aliphatic hydroxyl groups excluding tert-OH is 1. The second-order valence-corrected chi connectivity index (χ2v) is 3.98. The van der Waals surface area contributed by atoms with Crippen molar-refractivity contribution in [1.29, 1.82) is 0 Å². The van der Waals surface area contributed by atoms with Crippen LogP contribution in [-0.4, -0.2) is 36.9 Å². The van der Waals surface area contributed by atoms with Crippen LogP contribution in [0.4, 0.5) is 5.13 Å². The Balaban J connectivity index is 1.83. The number of aliphatic hydroxyl groups is 1. The molecule has 0 unspecified atom stereocenters. The molecule has 0 aliphatic heterocycles. The van der Waals surface area contributed by atoms with Gasteiger partial charge in [-0.25, -0.2) is 0 Å². The molecule has 0 fully saturated rings. The zero-order chi connectivity index (χ0) is 11.2. The van der Waals surface area contributed by atoms with Crippen molar-refractivity contribution in [3.8, 4) is 0 Å². The lowest BCUT2D eigenvalue weighted by Gasteiger charge is -1.97. The molecule has 8 heteroatoms. The van der Waals surface area contributed by atoms with E-state index in [2.05, 4.69) is 25.8 Å². The molecule has 0 saturated carbocycles.